The van der Waals surface area contributed by atoms with Gasteiger partial charge in [-0.15, -0.1) is 0 Å². The number of nitrogens with zero attached hydrogens (tertiary/aromatic N) is 2. The Morgan fingerprint density at radius 2 is 0.562 bits per heavy atom. The van der Waals surface area contributed by atoms with Crippen LogP contribution in [0.4, 0.5) is 34.1 Å². The summed E-state index contributed by atoms with van der Waals surface area (Å²) in [5, 5.41) is 7.46. The van der Waals surface area contributed by atoms with Gasteiger partial charge in [-0.25, -0.2) is 0 Å². The van der Waals surface area contributed by atoms with Crippen molar-refractivity contribution in [2.75, 3.05) is 9.80 Å². The standard InChI is InChI=1S/C62H50N2/c1-3-15-43(16-4-1)47-27-33-51(34-28-47)63(53-37-31-45-19-7-9-21-49(45)39-53)61-41-59-56-24-12-14-26-58(56)62(42-60(59)55-23-11-13-25-57(55)61)64(54-38-32-46-20-8-10-22-50(46)40-54)52-35-29-48(30-36-52)44-17-5-2-6-18-44/h1-6,11-18,23-42H,7-10,19-22H2. The van der Waals surface area contributed by atoms with Gasteiger partial charge < -0.3 is 9.80 Å². The second kappa shape index (κ2) is 16.4. The van der Waals surface area contributed by atoms with Crippen LogP contribution in [0.15, 0.2) is 206 Å². The van der Waals surface area contributed by atoms with Crippen LogP contribution < -0.4 is 9.80 Å². The maximum Gasteiger partial charge on any atom is 0.0546 e. The average molecular weight is 823 g/mol. The molecule has 0 aliphatic heterocycles. The highest BCUT2D eigenvalue weighted by atomic mass is 15.2. The van der Waals surface area contributed by atoms with E-state index in [4.69, 9.17) is 0 Å². The minimum atomic E-state index is 1.13. The molecule has 10 aromatic carbocycles. The van der Waals surface area contributed by atoms with Crippen LogP contribution in [0.3, 0.4) is 0 Å². The quantitative estimate of drug-likeness (QED) is 0.141. The average Bonchev–Trinajstić information content (AvgIpc) is 3.37. The van der Waals surface area contributed by atoms with Gasteiger partial charge in [0.25, 0.3) is 0 Å². The maximum atomic E-state index is 2.52. The Morgan fingerprint density at radius 1 is 0.234 bits per heavy atom. The van der Waals surface area contributed by atoms with Crippen LogP contribution in [0.1, 0.15) is 47.9 Å². The second-order valence-electron chi connectivity index (χ2n) is 17.8. The highest BCUT2D eigenvalue weighted by Gasteiger charge is 2.24. The fourth-order valence-corrected chi connectivity index (χ4v) is 10.7. The number of hydrogen-bond acceptors (Lipinski definition) is 2. The van der Waals surface area contributed by atoms with Gasteiger partial charge in [0.1, 0.15) is 0 Å². The maximum absolute atomic E-state index is 2.52. The van der Waals surface area contributed by atoms with Crippen LogP contribution in [-0.2, 0) is 25.7 Å². The van der Waals surface area contributed by atoms with E-state index in [0.717, 1.165) is 37.1 Å². The first kappa shape index (κ1) is 38.3. The Bertz CT molecular complexity index is 3090. The van der Waals surface area contributed by atoms with E-state index < -0.39 is 0 Å². The number of benzene rings is 10. The van der Waals surface area contributed by atoms with Gasteiger partial charge in [0.05, 0.1) is 11.4 Å². The van der Waals surface area contributed by atoms with E-state index in [1.165, 1.54) is 125 Å². The highest BCUT2D eigenvalue weighted by Crippen LogP contribution is 2.48. The van der Waals surface area contributed by atoms with Gasteiger partial charge in [-0.05, 0) is 178 Å². The third-order valence-corrected chi connectivity index (χ3v) is 14.0. The van der Waals surface area contributed by atoms with E-state index in [9.17, 15) is 0 Å². The molecule has 2 nitrogen and oxygen atoms in total. The summed E-state index contributed by atoms with van der Waals surface area (Å²) in [4.78, 5) is 5.03. The SMILES string of the molecule is c1ccc(-c2ccc(N(c3ccc4c(c3)CCCC4)c3cc4c5ccccc5c(N(c5ccc(-c6ccccc6)cc5)c5ccc6c(c5)CCCC6)cc4c4ccccc34)cc2)cc1. The molecule has 0 atom stereocenters. The first-order valence-corrected chi connectivity index (χ1v) is 23.3. The van der Waals surface area contributed by atoms with Gasteiger partial charge >= 0.3 is 0 Å². The molecule has 0 aromatic heterocycles. The van der Waals surface area contributed by atoms with Crippen molar-refractivity contribution in [3.05, 3.63) is 229 Å². The topological polar surface area (TPSA) is 6.48 Å². The Kier molecular flexibility index (Phi) is 9.79. The lowest BCUT2D eigenvalue weighted by Crippen LogP contribution is -2.13. The predicted octanol–water partition coefficient (Wildman–Crippen LogP) is 17.2. The van der Waals surface area contributed by atoms with Gasteiger partial charge in [0.2, 0.25) is 0 Å². The second-order valence-corrected chi connectivity index (χ2v) is 17.8. The fourth-order valence-electron chi connectivity index (χ4n) is 10.7. The summed E-state index contributed by atoms with van der Waals surface area (Å²) in [6, 6.07) is 77.3. The zero-order chi connectivity index (χ0) is 42.4. The zero-order valence-electron chi connectivity index (χ0n) is 36.2. The van der Waals surface area contributed by atoms with E-state index in [0.29, 0.717) is 0 Å². The number of hydrogen-bond donors (Lipinski definition) is 0. The largest absolute Gasteiger partial charge is 0.310 e. The van der Waals surface area contributed by atoms with E-state index >= 15 is 0 Å². The monoisotopic (exact) mass is 822 g/mol. The molecule has 0 bridgehead atoms. The van der Waals surface area contributed by atoms with E-state index in [2.05, 4.69) is 216 Å². The molecule has 0 radical (unpaired) electrons. The third kappa shape index (κ3) is 6.91. The summed E-state index contributed by atoms with van der Waals surface area (Å²) in [6.07, 6.45) is 9.61. The first-order valence-electron chi connectivity index (χ1n) is 23.3. The first-order chi connectivity index (χ1) is 31.7. The van der Waals surface area contributed by atoms with E-state index in [1.54, 1.807) is 0 Å². The summed E-state index contributed by atoms with van der Waals surface area (Å²) in [5.41, 5.74) is 17.9. The van der Waals surface area contributed by atoms with Crippen molar-refractivity contribution in [2.24, 2.45) is 0 Å². The molecule has 0 spiro atoms. The lowest BCUT2D eigenvalue weighted by molar-refractivity contribution is 0.685. The van der Waals surface area contributed by atoms with Crippen molar-refractivity contribution in [3.63, 3.8) is 0 Å². The molecule has 0 saturated carbocycles. The molecule has 10 aromatic rings. The summed E-state index contributed by atoms with van der Waals surface area (Å²) >= 11 is 0. The molecule has 64 heavy (non-hydrogen) atoms. The number of aryl methyl sites for hydroxylation is 4. The van der Waals surface area contributed by atoms with Crippen LogP contribution >= 0.6 is 0 Å². The molecule has 12 rings (SSSR count). The normalized spacial score (nSPS) is 13.4. The van der Waals surface area contributed by atoms with Gasteiger partial charge in [-0.3, -0.25) is 0 Å². The minimum absolute atomic E-state index is 1.13. The molecule has 0 unspecified atom stereocenters. The summed E-state index contributed by atoms with van der Waals surface area (Å²) in [5.74, 6) is 0. The van der Waals surface area contributed by atoms with E-state index in [-0.39, 0.29) is 0 Å². The van der Waals surface area contributed by atoms with Crippen LogP contribution in [-0.4, -0.2) is 0 Å². The van der Waals surface area contributed by atoms with Gasteiger partial charge in [0.15, 0.2) is 0 Å². The molecular formula is C62H50N2. The van der Waals surface area contributed by atoms with Crippen LogP contribution in [0.5, 0.6) is 0 Å². The van der Waals surface area contributed by atoms with Crippen molar-refractivity contribution in [2.45, 2.75) is 51.4 Å². The molecule has 0 heterocycles. The van der Waals surface area contributed by atoms with Crippen molar-refractivity contribution in [3.8, 4) is 22.3 Å². The Hall–Kier alpha value is -7.42. The van der Waals surface area contributed by atoms with Crippen LogP contribution in [0.2, 0.25) is 0 Å². The molecule has 0 fully saturated rings. The predicted molar refractivity (Wildman–Crippen MR) is 272 cm³/mol. The molecule has 2 aliphatic carbocycles. The molecule has 2 heteroatoms. The van der Waals surface area contributed by atoms with Crippen LogP contribution in [0.25, 0.3) is 54.6 Å². The zero-order valence-corrected chi connectivity index (χ0v) is 36.2. The van der Waals surface area contributed by atoms with Gasteiger partial charge in [0, 0.05) is 33.5 Å². The fraction of sp³-hybridized carbons (Fsp3) is 0.129. The van der Waals surface area contributed by atoms with Crippen LogP contribution in [0, 0.1) is 0 Å². The molecule has 0 N–H and O–H groups in total. The summed E-state index contributed by atoms with van der Waals surface area (Å²) in [6.45, 7) is 0. The van der Waals surface area contributed by atoms with Crippen molar-refractivity contribution in [1.29, 1.82) is 0 Å². The van der Waals surface area contributed by atoms with Gasteiger partial charge in [-0.1, -0.05) is 146 Å². The molecule has 308 valence electrons. The van der Waals surface area contributed by atoms with Crippen molar-refractivity contribution < 1.29 is 0 Å². The highest BCUT2D eigenvalue weighted by molar-refractivity contribution is 6.24. The lowest BCUT2D eigenvalue weighted by atomic mass is 9.90. The summed E-state index contributed by atoms with van der Waals surface area (Å²) in [7, 11) is 0. The van der Waals surface area contributed by atoms with Gasteiger partial charge in [-0.2, -0.15) is 0 Å². The van der Waals surface area contributed by atoms with Crippen molar-refractivity contribution >= 4 is 66.4 Å². The molecular weight excluding hydrogens is 773 g/mol. The molecule has 0 amide bonds. The molecule has 0 saturated heterocycles. The third-order valence-electron chi connectivity index (χ3n) is 14.0. The molecule has 2 aliphatic rings. The van der Waals surface area contributed by atoms with Crippen molar-refractivity contribution in [1.82, 2.24) is 0 Å². The smallest absolute Gasteiger partial charge is 0.0546 e. The van der Waals surface area contributed by atoms with E-state index in [1.807, 2.05) is 0 Å². The Labute approximate surface area is 376 Å². The Morgan fingerprint density at radius 3 is 0.969 bits per heavy atom. The minimum Gasteiger partial charge on any atom is -0.310 e. The number of anilines is 6. The lowest BCUT2D eigenvalue weighted by Gasteiger charge is -2.31. The number of fused-ring (bicyclic) bond motifs is 7. The number of rotatable bonds is 8. The Balaban J connectivity index is 1.08. The summed E-state index contributed by atoms with van der Waals surface area (Å²) < 4.78 is 0.